The SMILES string of the molecule is Cc1ccc(CCC(=O)OCCCO)cc1. The normalized spacial score (nSPS) is 10.1. The number of hydrogen-bond donors (Lipinski definition) is 1. The Morgan fingerprint density at radius 3 is 2.62 bits per heavy atom. The van der Waals surface area contributed by atoms with Gasteiger partial charge in [0.2, 0.25) is 0 Å². The topological polar surface area (TPSA) is 46.5 Å². The predicted octanol–water partition coefficient (Wildman–Crippen LogP) is 1.85. The summed E-state index contributed by atoms with van der Waals surface area (Å²) in [5.74, 6) is -0.200. The Hall–Kier alpha value is -1.35. The number of aliphatic hydroxyl groups excluding tert-OH is 1. The van der Waals surface area contributed by atoms with Gasteiger partial charge in [-0.15, -0.1) is 0 Å². The van der Waals surface area contributed by atoms with E-state index < -0.39 is 0 Å². The monoisotopic (exact) mass is 222 g/mol. The number of ether oxygens (including phenoxy) is 1. The Bertz CT molecular complexity index is 316. The van der Waals surface area contributed by atoms with Crippen LogP contribution in [0.5, 0.6) is 0 Å². The average Bonchev–Trinajstić information content (AvgIpc) is 2.29. The van der Waals surface area contributed by atoms with Crippen molar-refractivity contribution in [3.63, 3.8) is 0 Å². The fourth-order valence-corrected chi connectivity index (χ4v) is 1.32. The summed E-state index contributed by atoms with van der Waals surface area (Å²) in [5.41, 5.74) is 2.36. The maximum atomic E-state index is 11.3. The maximum Gasteiger partial charge on any atom is 0.306 e. The smallest absolute Gasteiger partial charge is 0.306 e. The molecule has 16 heavy (non-hydrogen) atoms. The first-order valence-corrected chi connectivity index (χ1v) is 5.54. The zero-order valence-corrected chi connectivity index (χ0v) is 9.61. The molecule has 0 fully saturated rings. The second-order valence-electron chi connectivity index (χ2n) is 3.78. The standard InChI is InChI=1S/C13H18O3/c1-11-3-5-12(6-4-11)7-8-13(15)16-10-2-9-14/h3-6,14H,2,7-10H2,1H3. The van der Waals surface area contributed by atoms with Crippen LogP contribution >= 0.6 is 0 Å². The van der Waals surface area contributed by atoms with Gasteiger partial charge in [0.25, 0.3) is 0 Å². The second kappa shape index (κ2) is 7.01. The fourth-order valence-electron chi connectivity index (χ4n) is 1.32. The first-order valence-electron chi connectivity index (χ1n) is 5.54. The summed E-state index contributed by atoms with van der Waals surface area (Å²) in [6.07, 6.45) is 1.61. The van der Waals surface area contributed by atoms with Crippen LogP contribution in [0.15, 0.2) is 24.3 Å². The molecule has 0 saturated carbocycles. The molecule has 88 valence electrons. The van der Waals surface area contributed by atoms with Crippen LogP contribution in [-0.2, 0) is 16.0 Å². The summed E-state index contributed by atoms with van der Waals surface area (Å²) < 4.78 is 4.93. The highest BCUT2D eigenvalue weighted by atomic mass is 16.5. The minimum atomic E-state index is -0.200. The lowest BCUT2D eigenvalue weighted by Crippen LogP contribution is -2.07. The molecule has 0 saturated heterocycles. The molecule has 0 unspecified atom stereocenters. The molecule has 0 radical (unpaired) electrons. The molecule has 3 nitrogen and oxygen atoms in total. The molecule has 0 amide bonds. The van der Waals surface area contributed by atoms with E-state index in [0.717, 1.165) is 5.56 Å². The lowest BCUT2D eigenvalue weighted by molar-refractivity contribution is -0.143. The quantitative estimate of drug-likeness (QED) is 0.590. The number of benzene rings is 1. The summed E-state index contributed by atoms with van der Waals surface area (Å²) in [5, 5.41) is 8.52. The van der Waals surface area contributed by atoms with Gasteiger partial charge in [-0.25, -0.2) is 0 Å². The molecule has 0 aliphatic rings. The second-order valence-corrected chi connectivity index (χ2v) is 3.78. The number of aliphatic hydroxyl groups is 1. The molecule has 1 aromatic rings. The number of carbonyl (C=O) groups is 1. The molecule has 0 atom stereocenters. The van der Waals surface area contributed by atoms with Gasteiger partial charge in [-0.1, -0.05) is 29.8 Å². The first-order chi connectivity index (χ1) is 7.72. The summed E-state index contributed by atoms with van der Waals surface area (Å²) in [4.78, 5) is 11.3. The van der Waals surface area contributed by atoms with E-state index in [0.29, 0.717) is 25.9 Å². The van der Waals surface area contributed by atoms with Crippen LogP contribution in [0, 0.1) is 6.92 Å². The maximum absolute atomic E-state index is 11.3. The van der Waals surface area contributed by atoms with Crippen molar-refractivity contribution in [1.29, 1.82) is 0 Å². The Balaban J connectivity index is 2.23. The van der Waals surface area contributed by atoms with Gasteiger partial charge in [0.05, 0.1) is 6.61 Å². The van der Waals surface area contributed by atoms with Gasteiger partial charge in [-0.2, -0.15) is 0 Å². The third kappa shape index (κ3) is 4.94. The van der Waals surface area contributed by atoms with Gasteiger partial charge < -0.3 is 9.84 Å². The highest BCUT2D eigenvalue weighted by Gasteiger charge is 2.03. The molecule has 1 rings (SSSR count). The molecule has 1 aromatic carbocycles. The zero-order chi connectivity index (χ0) is 11.8. The molecule has 0 aliphatic heterocycles. The largest absolute Gasteiger partial charge is 0.466 e. The van der Waals surface area contributed by atoms with Crippen molar-refractivity contribution in [3.8, 4) is 0 Å². The van der Waals surface area contributed by atoms with Crippen LogP contribution in [0.25, 0.3) is 0 Å². The van der Waals surface area contributed by atoms with Crippen LogP contribution in [0.2, 0.25) is 0 Å². The molecular weight excluding hydrogens is 204 g/mol. The number of hydrogen-bond acceptors (Lipinski definition) is 3. The van der Waals surface area contributed by atoms with E-state index in [1.807, 2.05) is 31.2 Å². The molecule has 3 heteroatoms. The van der Waals surface area contributed by atoms with E-state index >= 15 is 0 Å². The van der Waals surface area contributed by atoms with Crippen LogP contribution in [-0.4, -0.2) is 24.3 Å². The van der Waals surface area contributed by atoms with E-state index in [-0.39, 0.29) is 12.6 Å². The summed E-state index contributed by atoms with van der Waals surface area (Å²) in [6.45, 7) is 2.40. The van der Waals surface area contributed by atoms with E-state index in [2.05, 4.69) is 0 Å². The van der Waals surface area contributed by atoms with Gasteiger partial charge in [0.1, 0.15) is 0 Å². The minimum absolute atomic E-state index is 0.0608. The Morgan fingerprint density at radius 2 is 2.00 bits per heavy atom. The fraction of sp³-hybridized carbons (Fsp3) is 0.462. The van der Waals surface area contributed by atoms with Crippen molar-refractivity contribution in [3.05, 3.63) is 35.4 Å². The lowest BCUT2D eigenvalue weighted by Gasteiger charge is -2.04. The molecule has 0 spiro atoms. The van der Waals surface area contributed by atoms with Crippen molar-refractivity contribution in [1.82, 2.24) is 0 Å². The molecular formula is C13H18O3. The first kappa shape index (κ1) is 12.7. The van der Waals surface area contributed by atoms with Crippen molar-refractivity contribution in [2.24, 2.45) is 0 Å². The van der Waals surface area contributed by atoms with E-state index in [1.165, 1.54) is 5.56 Å². The van der Waals surface area contributed by atoms with Gasteiger partial charge in [0.15, 0.2) is 0 Å². The molecule has 0 aromatic heterocycles. The average molecular weight is 222 g/mol. The minimum Gasteiger partial charge on any atom is -0.466 e. The van der Waals surface area contributed by atoms with E-state index in [4.69, 9.17) is 9.84 Å². The highest BCUT2D eigenvalue weighted by Crippen LogP contribution is 2.06. The van der Waals surface area contributed by atoms with Crippen molar-refractivity contribution >= 4 is 5.97 Å². The Labute approximate surface area is 96.1 Å². The van der Waals surface area contributed by atoms with Gasteiger partial charge in [-0.05, 0) is 18.9 Å². The lowest BCUT2D eigenvalue weighted by atomic mass is 10.1. The summed E-state index contributed by atoms with van der Waals surface area (Å²) in [7, 11) is 0. The summed E-state index contributed by atoms with van der Waals surface area (Å²) >= 11 is 0. The van der Waals surface area contributed by atoms with Crippen LogP contribution in [0.1, 0.15) is 24.0 Å². The summed E-state index contributed by atoms with van der Waals surface area (Å²) in [6, 6.07) is 8.12. The van der Waals surface area contributed by atoms with Crippen molar-refractivity contribution in [2.45, 2.75) is 26.2 Å². The van der Waals surface area contributed by atoms with Crippen LogP contribution in [0.3, 0.4) is 0 Å². The van der Waals surface area contributed by atoms with Crippen LogP contribution in [0.4, 0.5) is 0 Å². The number of rotatable bonds is 6. The van der Waals surface area contributed by atoms with Crippen molar-refractivity contribution in [2.75, 3.05) is 13.2 Å². The molecule has 0 heterocycles. The molecule has 0 bridgehead atoms. The van der Waals surface area contributed by atoms with Gasteiger partial charge >= 0.3 is 5.97 Å². The predicted molar refractivity (Wildman–Crippen MR) is 62.2 cm³/mol. The van der Waals surface area contributed by atoms with Crippen molar-refractivity contribution < 1.29 is 14.6 Å². The molecule has 1 N–H and O–H groups in total. The van der Waals surface area contributed by atoms with E-state index in [9.17, 15) is 4.79 Å². The molecule has 0 aliphatic carbocycles. The van der Waals surface area contributed by atoms with Gasteiger partial charge in [0, 0.05) is 19.4 Å². The number of aryl methyl sites for hydroxylation is 2. The zero-order valence-electron chi connectivity index (χ0n) is 9.61. The Kier molecular flexibility index (Phi) is 5.57. The van der Waals surface area contributed by atoms with E-state index in [1.54, 1.807) is 0 Å². The third-order valence-corrected chi connectivity index (χ3v) is 2.30. The van der Waals surface area contributed by atoms with Gasteiger partial charge in [-0.3, -0.25) is 4.79 Å². The Morgan fingerprint density at radius 1 is 1.31 bits per heavy atom. The number of carbonyl (C=O) groups excluding carboxylic acids is 1. The third-order valence-electron chi connectivity index (χ3n) is 2.30. The number of esters is 1. The highest BCUT2D eigenvalue weighted by molar-refractivity contribution is 5.69. The van der Waals surface area contributed by atoms with Crippen LogP contribution < -0.4 is 0 Å².